The molecule has 0 saturated heterocycles. The van der Waals surface area contributed by atoms with Gasteiger partial charge >= 0.3 is 0 Å². The highest BCUT2D eigenvalue weighted by molar-refractivity contribution is 7.91. The highest BCUT2D eigenvalue weighted by Crippen LogP contribution is 2.30. The van der Waals surface area contributed by atoms with Crippen LogP contribution in [0.3, 0.4) is 0 Å². The van der Waals surface area contributed by atoms with E-state index in [1.807, 2.05) is 42.5 Å². The molecule has 0 aromatic heterocycles. The molecule has 3 aromatic carbocycles. The lowest BCUT2D eigenvalue weighted by molar-refractivity contribution is 0.402. The zero-order valence-corrected chi connectivity index (χ0v) is 18.9. The number of hydrogen-bond acceptors (Lipinski definition) is 4. The minimum Gasteiger partial charge on any atom is -0.254 e. The molecule has 0 fully saturated rings. The molecule has 1 aliphatic heterocycles. The van der Waals surface area contributed by atoms with E-state index in [0.29, 0.717) is 11.6 Å². The molecule has 5 nitrogen and oxygen atoms in total. The van der Waals surface area contributed by atoms with Gasteiger partial charge in [-0.2, -0.15) is 5.10 Å². The van der Waals surface area contributed by atoms with E-state index >= 15 is 0 Å². The first-order valence-electron chi connectivity index (χ1n) is 9.73. The minimum atomic E-state index is -3.78. The summed E-state index contributed by atoms with van der Waals surface area (Å²) >= 11 is 11.5. The van der Waals surface area contributed by atoms with Crippen molar-refractivity contribution in [2.45, 2.75) is 17.2 Å². The van der Waals surface area contributed by atoms with Crippen LogP contribution in [0.1, 0.15) is 23.5 Å². The van der Waals surface area contributed by atoms with Gasteiger partial charge in [0.05, 0.1) is 10.6 Å². The van der Waals surface area contributed by atoms with Gasteiger partial charge in [-0.1, -0.05) is 72.3 Å². The number of hydrogen-bond donors (Lipinski definition) is 1. The molecule has 1 unspecified atom stereocenters. The zero-order chi connectivity index (χ0) is 21.8. The standard InChI is InChI=1S/C23H20ClN3O2S2/c24-19-13-11-18(12-14-19)22-21(17-7-3-1-4-8-17)15-16-27(25-22)23(30)26-31(28,29)20-9-5-2-6-10-20/h1-14,21H,15-16H2,(H,26,30). The summed E-state index contributed by atoms with van der Waals surface area (Å²) in [5, 5.41) is 6.98. The van der Waals surface area contributed by atoms with Crippen LogP contribution in [0.5, 0.6) is 0 Å². The number of benzene rings is 3. The maximum absolute atomic E-state index is 12.7. The van der Waals surface area contributed by atoms with E-state index in [1.165, 1.54) is 12.1 Å². The van der Waals surface area contributed by atoms with Gasteiger partial charge in [0.1, 0.15) is 0 Å². The second-order valence-electron chi connectivity index (χ2n) is 7.09. The van der Waals surface area contributed by atoms with E-state index in [-0.39, 0.29) is 15.9 Å². The molecule has 0 spiro atoms. The maximum atomic E-state index is 12.7. The molecule has 4 rings (SSSR count). The second-order valence-corrected chi connectivity index (χ2v) is 9.60. The van der Waals surface area contributed by atoms with Crippen molar-refractivity contribution in [1.82, 2.24) is 9.73 Å². The summed E-state index contributed by atoms with van der Waals surface area (Å²) in [6.45, 7) is 0.493. The second kappa shape index (κ2) is 9.18. The van der Waals surface area contributed by atoms with Gasteiger partial charge in [-0.15, -0.1) is 0 Å². The fourth-order valence-electron chi connectivity index (χ4n) is 3.50. The number of halogens is 1. The summed E-state index contributed by atoms with van der Waals surface area (Å²) in [6.07, 6.45) is 0.735. The molecule has 1 atom stereocenters. The van der Waals surface area contributed by atoms with E-state index in [4.69, 9.17) is 28.9 Å². The molecule has 1 aliphatic rings. The quantitative estimate of drug-likeness (QED) is 0.558. The van der Waals surface area contributed by atoms with Crippen LogP contribution >= 0.6 is 23.8 Å². The van der Waals surface area contributed by atoms with E-state index < -0.39 is 10.0 Å². The van der Waals surface area contributed by atoms with Crippen LogP contribution in [0.2, 0.25) is 5.02 Å². The largest absolute Gasteiger partial charge is 0.263 e. The van der Waals surface area contributed by atoms with Gasteiger partial charge in [-0.3, -0.25) is 4.72 Å². The van der Waals surface area contributed by atoms with Crippen LogP contribution in [0, 0.1) is 0 Å². The van der Waals surface area contributed by atoms with E-state index in [9.17, 15) is 8.42 Å². The van der Waals surface area contributed by atoms with Gasteiger partial charge in [-0.25, -0.2) is 13.4 Å². The van der Waals surface area contributed by atoms with Gasteiger partial charge in [-0.05, 0) is 54.0 Å². The molecule has 0 aliphatic carbocycles. The first kappa shape index (κ1) is 21.5. The predicted octanol–water partition coefficient (Wildman–Crippen LogP) is 4.80. The molecule has 0 radical (unpaired) electrons. The van der Waals surface area contributed by atoms with Gasteiger partial charge < -0.3 is 0 Å². The fraction of sp³-hybridized carbons (Fsp3) is 0.130. The first-order chi connectivity index (χ1) is 14.9. The van der Waals surface area contributed by atoms with Gasteiger partial charge in [0, 0.05) is 17.5 Å². The Balaban J connectivity index is 1.65. The summed E-state index contributed by atoms with van der Waals surface area (Å²) in [5.41, 5.74) is 2.87. The highest BCUT2D eigenvalue weighted by atomic mass is 35.5. The Morgan fingerprint density at radius 1 is 0.968 bits per heavy atom. The minimum absolute atomic E-state index is 0.0434. The van der Waals surface area contributed by atoms with E-state index in [0.717, 1.165) is 23.3 Å². The molecule has 0 amide bonds. The van der Waals surface area contributed by atoms with Gasteiger partial charge in [0.15, 0.2) is 0 Å². The summed E-state index contributed by atoms with van der Waals surface area (Å²) < 4.78 is 27.8. The third-order valence-electron chi connectivity index (χ3n) is 5.04. The van der Waals surface area contributed by atoms with Crippen molar-refractivity contribution in [3.8, 4) is 0 Å². The Morgan fingerprint density at radius 3 is 2.23 bits per heavy atom. The van der Waals surface area contributed by atoms with Crippen LogP contribution in [0.15, 0.2) is 94.9 Å². The topological polar surface area (TPSA) is 61.8 Å². The van der Waals surface area contributed by atoms with Crippen molar-refractivity contribution in [2.24, 2.45) is 5.10 Å². The molecule has 158 valence electrons. The lowest BCUT2D eigenvalue weighted by atomic mass is 9.86. The Morgan fingerprint density at radius 2 is 1.58 bits per heavy atom. The average molecular weight is 470 g/mol. The molecule has 3 aromatic rings. The molecular formula is C23H20ClN3O2S2. The molecule has 31 heavy (non-hydrogen) atoms. The van der Waals surface area contributed by atoms with E-state index in [2.05, 4.69) is 16.9 Å². The van der Waals surface area contributed by atoms with Crippen molar-refractivity contribution in [3.05, 3.63) is 101 Å². The number of nitrogens with one attached hydrogen (secondary N) is 1. The van der Waals surface area contributed by atoms with Crippen molar-refractivity contribution in [3.63, 3.8) is 0 Å². The number of thiocarbonyl (C=S) groups is 1. The van der Waals surface area contributed by atoms with Crippen LogP contribution < -0.4 is 4.72 Å². The smallest absolute Gasteiger partial charge is 0.254 e. The number of rotatable bonds is 4. The first-order valence-corrected chi connectivity index (χ1v) is 12.0. The normalized spacial score (nSPS) is 16.5. The van der Waals surface area contributed by atoms with Crippen LogP contribution in [0.25, 0.3) is 0 Å². The predicted molar refractivity (Wildman–Crippen MR) is 128 cm³/mol. The van der Waals surface area contributed by atoms with Crippen molar-refractivity contribution >= 4 is 44.7 Å². The lowest BCUT2D eigenvalue weighted by Gasteiger charge is -2.31. The molecule has 8 heteroatoms. The zero-order valence-electron chi connectivity index (χ0n) is 16.5. The average Bonchev–Trinajstić information content (AvgIpc) is 2.80. The van der Waals surface area contributed by atoms with Crippen molar-refractivity contribution in [1.29, 1.82) is 0 Å². The third kappa shape index (κ3) is 4.95. The Bertz CT molecular complexity index is 1200. The fourth-order valence-corrected chi connectivity index (χ4v) is 5.06. The maximum Gasteiger partial charge on any atom is 0.263 e. The number of hydrazone groups is 1. The van der Waals surface area contributed by atoms with Gasteiger partial charge in [0.2, 0.25) is 5.11 Å². The number of sulfonamides is 1. The molecule has 0 saturated carbocycles. The summed E-state index contributed by atoms with van der Waals surface area (Å²) in [5.74, 6) is 0.0622. The van der Waals surface area contributed by atoms with Crippen molar-refractivity contribution < 1.29 is 8.42 Å². The third-order valence-corrected chi connectivity index (χ3v) is 7.09. The summed E-state index contributed by atoms with van der Waals surface area (Å²) in [4.78, 5) is 0.151. The Kier molecular flexibility index (Phi) is 6.36. The molecular weight excluding hydrogens is 450 g/mol. The van der Waals surface area contributed by atoms with Crippen LogP contribution in [0.4, 0.5) is 0 Å². The van der Waals surface area contributed by atoms with Gasteiger partial charge in [0.25, 0.3) is 10.0 Å². The molecule has 0 bridgehead atoms. The highest BCUT2D eigenvalue weighted by Gasteiger charge is 2.29. The summed E-state index contributed by atoms with van der Waals surface area (Å²) in [7, 11) is -3.78. The monoisotopic (exact) mass is 469 g/mol. The molecule has 1 heterocycles. The van der Waals surface area contributed by atoms with E-state index in [1.54, 1.807) is 23.2 Å². The Hall–Kier alpha value is -2.74. The SMILES string of the molecule is O=S(=O)(NC(=S)N1CCC(c2ccccc2)C(c2ccc(Cl)cc2)=N1)c1ccccc1. The lowest BCUT2D eigenvalue weighted by Crippen LogP contribution is -2.43. The van der Waals surface area contributed by atoms with Crippen LogP contribution in [-0.2, 0) is 10.0 Å². The Labute approximate surface area is 192 Å². The molecule has 1 N–H and O–H groups in total. The van der Waals surface area contributed by atoms with Crippen molar-refractivity contribution in [2.75, 3.05) is 6.54 Å². The summed E-state index contributed by atoms with van der Waals surface area (Å²) in [6, 6.07) is 25.7. The number of nitrogens with zero attached hydrogens (tertiary/aromatic N) is 2. The van der Waals surface area contributed by atoms with Crippen LogP contribution in [-0.4, -0.2) is 30.8 Å².